The monoisotopic (exact) mass is 305 g/mol. The van der Waals surface area contributed by atoms with Crippen LogP contribution < -0.4 is 0 Å². The molecule has 1 N–H and O–H groups in total. The predicted molar refractivity (Wildman–Crippen MR) is 90.0 cm³/mol. The van der Waals surface area contributed by atoms with E-state index in [0.29, 0.717) is 5.76 Å². The topological polar surface area (TPSA) is 46.3 Å². The van der Waals surface area contributed by atoms with Crippen LogP contribution >= 0.6 is 0 Å². The van der Waals surface area contributed by atoms with Gasteiger partial charge >= 0.3 is 0 Å². The largest absolute Gasteiger partial charge is 0.391 e. The minimum atomic E-state index is -0.0605. The van der Waals surface area contributed by atoms with Crippen molar-refractivity contribution in [3.05, 3.63) is 65.4 Å². The molecular weight excluding hydrogens is 286 g/mol. The molecule has 4 rings (SSSR count). The molecule has 1 aliphatic carbocycles. The molecule has 1 aliphatic rings. The van der Waals surface area contributed by atoms with Gasteiger partial charge in [0, 0.05) is 11.1 Å². The molecule has 1 saturated carbocycles. The highest BCUT2D eigenvalue weighted by Gasteiger charge is 2.23. The Kier molecular flexibility index (Phi) is 3.50. The van der Waals surface area contributed by atoms with Gasteiger partial charge in [-0.15, -0.1) is 0 Å². The molecule has 2 aromatic carbocycles. The summed E-state index contributed by atoms with van der Waals surface area (Å²) < 4.78 is 5.36. The Morgan fingerprint density at radius 3 is 2.09 bits per heavy atom. The number of benzene rings is 2. The van der Waals surface area contributed by atoms with Gasteiger partial charge in [0.1, 0.15) is 0 Å². The molecule has 1 fully saturated rings. The number of hydrogen-bond donors (Lipinski definition) is 1. The van der Waals surface area contributed by atoms with Gasteiger partial charge in [-0.2, -0.15) is 0 Å². The zero-order valence-electron chi connectivity index (χ0n) is 13.1. The molecule has 3 nitrogen and oxygen atoms in total. The standard InChI is InChI=1S/C20H19NO2/c1-13-19(12-22)20(23-21-13)18-10-8-17(9-11-18)16-6-4-15(5-7-16)14-2-3-14/h4-11,14,22H,2-3,12H2,1H3. The second-order valence-corrected chi connectivity index (χ2v) is 6.21. The predicted octanol–water partition coefficient (Wildman–Crippen LogP) is 4.69. The first kappa shape index (κ1) is 14.2. The highest BCUT2D eigenvalue weighted by atomic mass is 16.5. The molecule has 116 valence electrons. The van der Waals surface area contributed by atoms with Crippen molar-refractivity contribution in [2.75, 3.05) is 0 Å². The van der Waals surface area contributed by atoms with E-state index < -0.39 is 0 Å². The van der Waals surface area contributed by atoms with E-state index in [2.05, 4.69) is 41.6 Å². The van der Waals surface area contributed by atoms with Crippen LogP contribution in [0, 0.1) is 6.92 Å². The van der Waals surface area contributed by atoms with Gasteiger partial charge in [-0.25, -0.2) is 0 Å². The Hall–Kier alpha value is -2.39. The van der Waals surface area contributed by atoms with Crippen LogP contribution in [0.4, 0.5) is 0 Å². The minimum absolute atomic E-state index is 0.0605. The summed E-state index contributed by atoms with van der Waals surface area (Å²) in [6.07, 6.45) is 2.66. The van der Waals surface area contributed by atoms with Crippen LogP contribution in [0.15, 0.2) is 53.1 Å². The molecule has 0 radical (unpaired) electrons. The van der Waals surface area contributed by atoms with Gasteiger partial charge in [0.2, 0.25) is 0 Å². The average Bonchev–Trinajstić information content (AvgIpc) is 3.38. The van der Waals surface area contributed by atoms with E-state index in [-0.39, 0.29) is 6.61 Å². The summed E-state index contributed by atoms with van der Waals surface area (Å²) in [6.45, 7) is 1.78. The molecule has 3 aromatic rings. The van der Waals surface area contributed by atoms with E-state index in [1.165, 1.54) is 29.5 Å². The van der Waals surface area contributed by atoms with Crippen LogP contribution in [-0.2, 0) is 6.61 Å². The summed E-state index contributed by atoms with van der Waals surface area (Å²) in [5, 5.41) is 13.4. The van der Waals surface area contributed by atoms with Gasteiger partial charge < -0.3 is 9.63 Å². The van der Waals surface area contributed by atoms with Crippen LogP contribution in [0.2, 0.25) is 0 Å². The van der Waals surface area contributed by atoms with Gasteiger partial charge in [-0.05, 0) is 42.4 Å². The Morgan fingerprint density at radius 1 is 0.957 bits per heavy atom. The molecule has 23 heavy (non-hydrogen) atoms. The number of aromatic nitrogens is 1. The smallest absolute Gasteiger partial charge is 0.172 e. The highest BCUT2D eigenvalue weighted by molar-refractivity contribution is 5.69. The van der Waals surface area contributed by atoms with E-state index in [0.717, 1.165) is 22.7 Å². The molecule has 0 bridgehead atoms. The summed E-state index contributed by atoms with van der Waals surface area (Å²) in [7, 11) is 0. The van der Waals surface area contributed by atoms with Crippen LogP contribution in [-0.4, -0.2) is 10.3 Å². The fourth-order valence-electron chi connectivity index (χ4n) is 2.98. The number of nitrogens with zero attached hydrogens (tertiary/aromatic N) is 1. The van der Waals surface area contributed by atoms with Gasteiger partial charge in [0.25, 0.3) is 0 Å². The normalized spacial score (nSPS) is 14.2. The lowest BCUT2D eigenvalue weighted by Crippen LogP contribution is -1.88. The van der Waals surface area contributed by atoms with Crippen molar-refractivity contribution in [3.63, 3.8) is 0 Å². The molecule has 1 heterocycles. The van der Waals surface area contributed by atoms with Crippen LogP contribution in [0.5, 0.6) is 0 Å². The maximum absolute atomic E-state index is 9.46. The van der Waals surface area contributed by atoms with Crippen molar-refractivity contribution in [1.82, 2.24) is 5.16 Å². The van der Waals surface area contributed by atoms with Crippen molar-refractivity contribution < 1.29 is 9.63 Å². The van der Waals surface area contributed by atoms with Crippen LogP contribution in [0.1, 0.15) is 35.6 Å². The van der Waals surface area contributed by atoms with Gasteiger partial charge in [-0.3, -0.25) is 0 Å². The molecule has 3 heteroatoms. The highest BCUT2D eigenvalue weighted by Crippen LogP contribution is 2.40. The number of aryl methyl sites for hydroxylation is 1. The lowest BCUT2D eigenvalue weighted by Gasteiger charge is -2.05. The second-order valence-electron chi connectivity index (χ2n) is 6.21. The lowest BCUT2D eigenvalue weighted by molar-refractivity contribution is 0.281. The fourth-order valence-corrected chi connectivity index (χ4v) is 2.98. The Bertz CT molecular complexity index is 812. The lowest BCUT2D eigenvalue weighted by atomic mass is 10.00. The maximum atomic E-state index is 9.46. The summed E-state index contributed by atoms with van der Waals surface area (Å²) in [6, 6.07) is 17.1. The van der Waals surface area contributed by atoms with Crippen molar-refractivity contribution in [1.29, 1.82) is 0 Å². The zero-order chi connectivity index (χ0) is 15.8. The van der Waals surface area contributed by atoms with Crippen molar-refractivity contribution in [3.8, 4) is 22.5 Å². The van der Waals surface area contributed by atoms with E-state index in [1.807, 2.05) is 19.1 Å². The van der Waals surface area contributed by atoms with Gasteiger partial charge in [0.15, 0.2) is 5.76 Å². The molecule has 0 amide bonds. The molecule has 0 spiro atoms. The van der Waals surface area contributed by atoms with E-state index in [9.17, 15) is 5.11 Å². The van der Waals surface area contributed by atoms with E-state index >= 15 is 0 Å². The van der Waals surface area contributed by atoms with E-state index in [1.54, 1.807) is 0 Å². The number of aliphatic hydroxyl groups excluding tert-OH is 1. The molecule has 0 saturated heterocycles. The number of aliphatic hydroxyl groups is 1. The Morgan fingerprint density at radius 2 is 1.52 bits per heavy atom. The SMILES string of the molecule is Cc1noc(-c2ccc(-c3ccc(C4CC4)cc3)cc2)c1CO. The Labute approximate surface area is 135 Å². The third kappa shape index (κ3) is 2.68. The first-order chi connectivity index (χ1) is 11.3. The minimum Gasteiger partial charge on any atom is -0.391 e. The first-order valence-corrected chi connectivity index (χ1v) is 8.03. The zero-order valence-corrected chi connectivity index (χ0v) is 13.1. The van der Waals surface area contributed by atoms with Gasteiger partial charge in [0.05, 0.1) is 12.3 Å². The van der Waals surface area contributed by atoms with Crippen molar-refractivity contribution in [2.45, 2.75) is 32.3 Å². The van der Waals surface area contributed by atoms with Gasteiger partial charge in [-0.1, -0.05) is 53.7 Å². The molecular formula is C20H19NO2. The second kappa shape index (κ2) is 5.67. The molecule has 0 atom stereocenters. The van der Waals surface area contributed by atoms with Crippen LogP contribution in [0.25, 0.3) is 22.5 Å². The third-order valence-corrected chi connectivity index (χ3v) is 4.58. The molecule has 0 aliphatic heterocycles. The third-order valence-electron chi connectivity index (χ3n) is 4.58. The summed E-state index contributed by atoms with van der Waals surface area (Å²) in [5.41, 5.74) is 6.28. The quantitative estimate of drug-likeness (QED) is 0.761. The Balaban J connectivity index is 1.62. The summed E-state index contributed by atoms with van der Waals surface area (Å²) in [5.74, 6) is 1.44. The van der Waals surface area contributed by atoms with Crippen LogP contribution in [0.3, 0.4) is 0 Å². The number of hydrogen-bond acceptors (Lipinski definition) is 3. The van der Waals surface area contributed by atoms with Crippen molar-refractivity contribution >= 4 is 0 Å². The maximum Gasteiger partial charge on any atom is 0.172 e. The summed E-state index contributed by atoms with van der Waals surface area (Å²) >= 11 is 0. The number of rotatable bonds is 4. The molecule has 0 unspecified atom stereocenters. The molecule has 1 aromatic heterocycles. The average molecular weight is 305 g/mol. The van der Waals surface area contributed by atoms with Crippen molar-refractivity contribution in [2.24, 2.45) is 0 Å². The summed E-state index contributed by atoms with van der Waals surface area (Å²) in [4.78, 5) is 0. The fraction of sp³-hybridized carbons (Fsp3) is 0.250. The van der Waals surface area contributed by atoms with E-state index in [4.69, 9.17) is 4.52 Å². The first-order valence-electron chi connectivity index (χ1n) is 8.03.